The normalized spacial score (nSPS) is 21.3. The standard InChI is InChI=1S/C23H30FN3O3S/c1-3-9-31(28,29)26-17-13-27(14-17)22-11-19-18(10-16-7-5-4-6-8-16)21(25-2)15-30-23(19)12-20(22)24/h4-8,11-12,17-18,21,25-26H,3,9-10,13-15H2,1-2H3/t18-,21-/m1/s1. The number of hydrogen-bond donors (Lipinski definition) is 2. The van der Waals surface area contributed by atoms with Gasteiger partial charge in [0.2, 0.25) is 10.0 Å². The molecule has 2 N–H and O–H groups in total. The van der Waals surface area contributed by atoms with Crippen LogP contribution < -0.4 is 19.7 Å². The van der Waals surface area contributed by atoms with E-state index < -0.39 is 10.0 Å². The summed E-state index contributed by atoms with van der Waals surface area (Å²) in [4.78, 5) is 1.89. The molecular weight excluding hydrogens is 417 g/mol. The second kappa shape index (κ2) is 9.14. The van der Waals surface area contributed by atoms with Gasteiger partial charge in [0.1, 0.15) is 18.2 Å². The molecule has 31 heavy (non-hydrogen) atoms. The molecule has 0 aromatic heterocycles. The molecule has 0 aliphatic carbocycles. The highest BCUT2D eigenvalue weighted by atomic mass is 32.2. The lowest BCUT2D eigenvalue weighted by atomic mass is 9.83. The minimum atomic E-state index is -3.27. The highest BCUT2D eigenvalue weighted by Gasteiger charge is 2.35. The van der Waals surface area contributed by atoms with Crippen molar-refractivity contribution in [3.8, 4) is 5.75 Å². The van der Waals surface area contributed by atoms with Gasteiger partial charge < -0.3 is 15.0 Å². The molecule has 2 aliphatic heterocycles. The van der Waals surface area contributed by atoms with Crippen LogP contribution in [0.15, 0.2) is 42.5 Å². The summed E-state index contributed by atoms with van der Waals surface area (Å²) < 4.78 is 47.4. The first-order valence-electron chi connectivity index (χ1n) is 10.8. The van der Waals surface area contributed by atoms with Gasteiger partial charge >= 0.3 is 0 Å². The highest BCUT2D eigenvalue weighted by molar-refractivity contribution is 7.89. The molecule has 2 aromatic carbocycles. The number of anilines is 1. The van der Waals surface area contributed by atoms with Crippen molar-refractivity contribution in [2.75, 3.05) is 37.4 Å². The van der Waals surface area contributed by atoms with E-state index in [-0.39, 0.29) is 29.6 Å². The average molecular weight is 448 g/mol. The summed E-state index contributed by atoms with van der Waals surface area (Å²) in [5.74, 6) is 0.515. The van der Waals surface area contributed by atoms with E-state index in [1.165, 1.54) is 11.6 Å². The van der Waals surface area contributed by atoms with E-state index in [1.807, 2.05) is 43.1 Å². The fourth-order valence-electron chi connectivity index (χ4n) is 4.47. The summed E-state index contributed by atoms with van der Waals surface area (Å²) in [7, 11) is -1.35. The lowest BCUT2D eigenvalue weighted by Crippen LogP contribution is -2.60. The van der Waals surface area contributed by atoms with Crippen LogP contribution >= 0.6 is 0 Å². The molecule has 0 spiro atoms. The largest absolute Gasteiger partial charge is 0.492 e. The van der Waals surface area contributed by atoms with E-state index >= 15 is 0 Å². The molecule has 0 unspecified atom stereocenters. The lowest BCUT2D eigenvalue weighted by Gasteiger charge is -2.42. The van der Waals surface area contributed by atoms with Gasteiger partial charge in [-0.2, -0.15) is 0 Å². The summed E-state index contributed by atoms with van der Waals surface area (Å²) in [6.07, 6.45) is 1.40. The molecule has 0 bridgehead atoms. The predicted octanol–water partition coefficient (Wildman–Crippen LogP) is 2.65. The number of likely N-dealkylation sites (N-methyl/N-ethyl adjacent to an activating group) is 1. The number of rotatable bonds is 8. The Morgan fingerprint density at radius 2 is 1.94 bits per heavy atom. The molecule has 8 heteroatoms. The molecule has 0 radical (unpaired) electrons. The van der Waals surface area contributed by atoms with Gasteiger partial charge in [0, 0.05) is 36.7 Å². The maximum atomic E-state index is 14.9. The average Bonchev–Trinajstić information content (AvgIpc) is 2.71. The van der Waals surface area contributed by atoms with Crippen LogP contribution in [0.1, 0.15) is 30.4 Å². The fraction of sp³-hybridized carbons (Fsp3) is 0.478. The number of hydrogen-bond acceptors (Lipinski definition) is 5. The zero-order chi connectivity index (χ0) is 22.0. The smallest absolute Gasteiger partial charge is 0.211 e. The summed E-state index contributed by atoms with van der Waals surface area (Å²) in [6, 6.07) is 13.6. The van der Waals surface area contributed by atoms with Crippen molar-refractivity contribution < 1.29 is 17.5 Å². The number of sulfonamides is 1. The van der Waals surface area contributed by atoms with E-state index in [0.717, 1.165) is 12.0 Å². The molecule has 2 heterocycles. The number of nitrogens with one attached hydrogen (secondary N) is 2. The third-order valence-corrected chi connectivity index (χ3v) is 7.73. The molecule has 168 valence electrons. The van der Waals surface area contributed by atoms with Crippen molar-refractivity contribution >= 4 is 15.7 Å². The summed E-state index contributed by atoms with van der Waals surface area (Å²) in [5, 5.41) is 3.34. The minimum absolute atomic E-state index is 0.112. The Morgan fingerprint density at radius 1 is 1.19 bits per heavy atom. The Balaban J connectivity index is 1.55. The Labute approximate surface area is 183 Å². The van der Waals surface area contributed by atoms with Gasteiger partial charge in [-0.05, 0) is 31.5 Å². The molecule has 0 saturated carbocycles. The second-order valence-electron chi connectivity index (χ2n) is 8.38. The van der Waals surface area contributed by atoms with Crippen molar-refractivity contribution in [3.63, 3.8) is 0 Å². The van der Waals surface area contributed by atoms with Crippen molar-refractivity contribution in [2.45, 2.75) is 37.8 Å². The lowest BCUT2D eigenvalue weighted by molar-refractivity contribution is 0.218. The Bertz CT molecular complexity index is 1010. The Kier molecular flexibility index (Phi) is 6.50. The van der Waals surface area contributed by atoms with Crippen LogP contribution in [0.4, 0.5) is 10.1 Å². The molecule has 1 saturated heterocycles. The fourth-order valence-corrected chi connectivity index (χ4v) is 5.78. The number of halogens is 1. The van der Waals surface area contributed by atoms with Crippen LogP contribution in [0.2, 0.25) is 0 Å². The van der Waals surface area contributed by atoms with Gasteiger partial charge in [-0.1, -0.05) is 37.3 Å². The van der Waals surface area contributed by atoms with Crippen LogP contribution in [0, 0.1) is 5.82 Å². The Hall–Kier alpha value is -2.16. The molecule has 4 rings (SSSR count). The van der Waals surface area contributed by atoms with E-state index in [9.17, 15) is 12.8 Å². The van der Waals surface area contributed by atoms with E-state index in [0.29, 0.717) is 37.6 Å². The summed E-state index contributed by atoms with van der Waals surface area (Å²) >= 11 is 0. The van der Waals surface area contributed by atoms with Crippen LogP contribution in [0.25, 0.3) is 0 Å². The van der Waals surface area contributed by atoms with E-state index in [2.05, 4.69) is 22.2 Å². The zero-order valence-corrected chi connectivity index (χ0v) is 18.8. The van der Waals surface area contributed by atoms with Gasteiger partial charge in [-0.15, -0.1) is 0 Å². The maximum absolute atomic E-state index is 14.9. The molecule has 6 nitrogen and oxygen atoms in total. The minimum Gasteiger partial charge on any atom is -0.492 e. The van der Waals surface area contributed by atoms with Crippen molar-refractivity contribution in [1.29, 1.82) is 0 Å². The molecule has 2 aliphatic rings. The van der Waals surface area contributed by atoms with Crippen molar-refractivity contribution in [3.05, 3.63) is 59.4 Å². The van der Waals surface area contributed by atoms with Crippen LogP contribution in [0.3, 0.4) is 0 Å². The third kappa shape index (κ3) is 4.86. The molecule has 1 fully saturated rings. The quantitative estimate of drug-likeness (QED) is 0.651. The van der Waals surface area contributed by atoms with Crippen LogP contribution in [-0.2, 0) is 16.4 Å². The predicted molar refractivity (Wildman–Crippen MR) is 121 cm³/mol. The number of fused-ring (bicyclic) bond motifs is 1. The number of ether oxygens (including phenoxy) is 1. The van der Waals surface area contributed by atoms with Gasteiger partial charge in [0.25, 0.3) is 0 Å². The summed E-state index contributed by atoms with van der Waals surface area (Å²) in [5.41, 5.74) is 2.71. The van der Waals surface area contributed by atoms with Crippen LogP contribution in [0.5, 0.6) is 5.75 Å². The first-order valence-corrected chi connectivity index (χ1v) is 12.5. The first-order chi connectivity index (χ1) is 14.9. The number of benzene rings is 2. The maximum Gasteiger partial charge on any atom is 0.211 e. The van der Waals surface area contributed by atoms with Gasteiger partial charge in [0.05, 0.1) is 17.5 Å². The van der Waals surface area contributed by atoms with Gasteiger partial charge in [0.15, 0.2) is 0 Å². The zero-order valence-electron chi connectivity index (χ0n) is 18.0. The number of nitrogens with zero attached hydrogens (tertiary/aromatic N) is 1. The summed E-state index contributed by atoms with van der Waals surface area (Å²) in [6.45, 7) is 3.24. The molecule has 2 aromatic rings. The first kappa shape index (κ1) is 22.0. The molecule has 0 amide bonds. The third-order valence-electron chi connectivity index (χ3n) is 6.09. The Morgan fingerprint density at radius 3 is 2.61 bits per heavy atom. The van der Waals surface area contributed by atoms with Crippen molar-refractivity contribution in [2.24, 2.45) is 0 Å². The molecular formula is C23H30FN3O3S. The second-order valence-corrected chi connectivity index (χ2v) is 10.3. The highest BCUT2D eigenvalue weighted by Crippen LogP contribution is 2.40. The van der Waals surface area contributed by atoms with E-state index in [1.54, 1.807) is 0 Å². The van der Waals surface area contributed by atoms with Crippen LogP contribution in [-0.4, -0.2) is 53.0 Å². The van der Waals surface area contributed by atoms with E-state index in [4.69, 9.17) is 4.74 Å². The SMILES string of the molecule is CCCS(=O)(=O)NC1CN(c2cc3c(cc2F)OC[C@@H](NC)[C@@H]3Cc2ccccc2)C1. The monoisotopic (exact) mass is 447 g/mol. The van der Waals surface area contributed by atoms with Crippen molar-refractivity contribution in [1.82, 2.24) is 10.0 Å². The van der Waals surface area contributed by atoms with Gasteiger partial charge in [-0.25, -0.2) is 17.5 Å². The van der Waals surface area contributed by atoms with Gasteiger partial charge in [-0.3, -0.25) is 0 Å². The topological polar surface area (TPSA) is 70.7 Å². The molecule has 2 atom stereocenters.